The second-order valence-corrected chi connectivity index (χ2v) is 10.1. The van der Waals surface area contributed by atoms with E-state index in [0.717, 1.165) is 51.4 Å². The van der Waals surface area contributed by atoms with Crippen molar-refractivity contribution in [3.63, 3.8) is 0 Å². The average Bonchev–Trinajstić information content (AvgIpc) is 3.01. The van der Waals surface area contributed by atoms with Gasteiger partial charge in [0.05, 0.1) is 0 Å². The summed E-state index contributed by atoms with van der Waals surface area (Å²) in [6, 6.07) is 31.9. The molecule has 0 aliphatic carbocycles. The average molecular weight is 587 g/mol. The van der Waals surface area contributed by atoms with Crippen LogP contribution in [0.3, 0.4) is 0 Å². The molecule has 0 amide bonds. The summed E-state index contributed by atoms with van der Waals surface area (Å²) in [7, 11) is 0. The molecule has 0 atom stereocenters. The van der Waals surface area contributed by atoms with Gasteiger partial charge in [0.2, 0.25) is 0 Å². The molecule has 0 unspecified atom stereocenters. The van der Waals surface area contributed by atoms with Crippen molar-refractivity contribution in [2.75, 3.05) is 26.4 Å². The summed E-state index contributed by atoms with van der Waals surface area (Å²) in [6.07, 6.45) is 7.46. The molecule has 0 N–H and O–H groups in total. The summed E-state index contributed by atoms with van der Waals surface area (Å²) in [5, 5.41) is 38.1. The topological polar surface area (TPSA) is 92.2 Å². The van der Waals surface area contributed by atoms with Crippen molar-refractivity contribution in [1.29, 1.82) is 0 Å². The number of rotatable bonds is 11. The Balaban J connectivity index is 0. The molecule has 0 aliphatic heterocycles. The number of unbranched alkanes of at least 4 members (excludes halogenated alkanes) is 4. The summed E-state index contributed by atoms with van der Waals surface area (Å²) >= 11 is 2.87. The Bertz CT molecular complexity index is 732. The summed E-state index contributed by atoms with van der Waals surface area (Å²) < 4.78 is -0.184. The minimum absolute atomic E-state index is 0.0938. The van der Waals surface area contributed by atoms with Gasteiger partial charge in [-0.3, -0.25) is 0 Å². The molecule has 0 aliphatic rings. The standard InChI is InChI=1S/C19H15.4C4H9O.V/c1-4-10-16(11-5-1)19(17-12-6-2-7-13-17)18-14-8-3-9-15-18;4*1-2-3-4-5;/h1-15H;4*2-4H2,1H3;/q;4*-1;+4. The molecule has 0 aromatic heterocycles. The predicted octanol–water partition coefficient (Wildman–Crippen LogP) is 5.11. The van der Waals surface area contributed by atoms with Crippen LogP contribution < -0.4 is 20.4 Å². The maximum atomic E-state index is 9.53. The number of hydrogen-bond donors (Lipinski definition) is 0. The third kappa shape index (κ3) is 19.2. The van der Waals surface area contributed by atoms with Crippen LogP contribution in [0.25, 0.3) is 0 Å². The Morgan fingerprint density at radius 1 is 0.425 bits per heavy atom. The Kier molecular flexibility index (Phi) is 30.2. The summed E-state index contributed by atoms with van der Waals surface area (Å²) in [6.45, 7) is 8.42. The van der Waals surface area contributed by atoms with Crippen LogP contribution in [0.4, 0.5) is 0 Å². The molecule has 40 heavy (non-hydrogen) atoms. The molecule has 3 rings (SSSR count). The van der Waals surface area contributed by atoms with E-state index in [-0.39, 0.29) is 30.6 Å². The van der Waals surface area contributed by atoms with Gasteiger partial charge in [0.15, 0.2) is 0 Å². The summed E-state index contributed by atoms with van der Waals surface area (Å²) in [4.78, 5) is 0. The van der Waals surface area contributed by atoms with Gasteiger partial charge in [0.1, 0.15) is 0 Å². The molecular weight excluding hydrogens is 535 g/mol. The molecule has 0 spiro atoms. The van der Waals surface area contributed by atoms with Crippen molar-refractivity contribution in [2.24, 2.45) is 0 Å². The molecule has 3 aromatic rings. The van der Waals surface area contributed by atoms with Gasteiger partial charge in [0, 0.05) is 0 Å². The minimum atomic E-state index is -0.184. The third-order valence-corrected chi connectivity index (χ3v) is 6.78. The number of hydrogen-bond acceptors (Lipinski definition) is 4. The van der Waals surface area contributed by atoms with Crippen LogP contribution in [-0.4, -0.2) is 26.4 Å². The third-order valence-electron chi connectivity index (χ3n) is 5.57. The van der Waals surface area contributed by atoms with E-state index in [2.05, 4.69) is 108 Å². The van der Waals surface area contributed by atoms with Gasteiger partial charge in [-0.15, -0.1) is 26.4 Å². The van der Waals surface area contributed by atoms with E-state index in [9.17, 15) is 20.4 Å². The Morgan fingerprint density at radius 3 is 0.750 bits per heavy atom. The Labute approximate surface area is 254 Å². The summed E-state index contributed by atoms with van der Waals surface area (Å²) in [5.74, 6) is 0. The molecule has 0 saturated heterocycles. The van der Waals surface area contributed by atoms with Gasteiger partial charge >= 0.3 is 129 Å². The molecule has 220 valence electrons. The van der Waals surface area contributed by atoms with Crippen molar-refractivity contribution < 1.29 is 37.9 Å². The van der Waals surface area contributed by atoms with E-state index in [1.807, 2.05) is 27.7 Å². The van der Waals surface area contributed by atoms with Crippen LogP contribution in [0.1, 0.15) is 95.8 Å². The Morgan fingerprint density at radius 2 is 0.625 bits per heavy atom. The molecule has 5 heteroatoms. The van der Waals surface area contributed by atoms with Crippen LogP contribution in [0.15, 0.2) is 91.0 Å². The fourth-order valence-electron chi connectivity index (χ4n) is 3.12. The van der Waals surface area contributed by atoms with E-state index in [1.165, 1.54) is 16.7 Å². The SMILES string of the molecule is CCCC[O-].CCCC[O-].CCCC[O-].CCCC[O-].[V+4][C](c1ccccc1)(c1ccccc1)c1ccccc1. The molecule has 0 radical (unpaired) electrons. The van der Waals surface area contributed by atoms with Gasteiger partial charge in [-0.25, -0.2) is 0 Å². The van der Waals surface area contributed by atoms with E-state index < -0.39 is 0 Å². The zero-order chi connectivity index (χ0) is 30.3. The van der Waals surface area contributed by atoms with E-state index >= 15 is 0 Å². The zero-order valence-corrected chi connectivity index (χ0v) is 26.6. The van der Waals surface area contributed by atoms with E-state index in [0.29, 0.717) is 0 Å². The quantitative estimate of drug-likeness (QED) is 0.292. The molecule has 3 aromatic carbocycles. The molecule has 0 saturated carbocycles. The van der Waals surface area contributed by atoms with Crippen molar-refractivity contribution in [2.45, 2.75) is 83.2 Å². The molecular formula is C35H51O4V. The van der Waals surface area contributed by atoms with Crippen LogP contribution in [-0.2, 0) is 21.6 Å². The van der Waals surface area contributed by atoms with Crippen molar-refractivity contribution in [3.8, 4) is 0 Å². The number of benzene rings is 3. The first-order valence-corrected chi connectivity index (χ1v) is 15.4. The molecule has 4 nitrogen and oxygen atoms in total. The predicted molar refractivity (Wildman–Crippen MR) is 158 cm³/mol. The van der Waals surface area contributed by atoms with Crippen molar-refractivity contribution in [1.82, 2.24) is 0 Å². The zero-order valence-electron chi connectivity index (χ0n) is 25.2. The summed E-state index contributed by atoms with van der Waals surface area (Å²) in [5.41, 5.74) is 3.87. The normalized spacial score (nSPS) is 9.85. The van der Waals surface area contributed by atoms with Gasteiger partial charge in [-0.2, -0.15) is 0 Å². The van der Waals surface area contributed by atoms with Crippen LogP contribution in [0.5, 0.6) is 0 Å². The first-order chi connectivity index (χ1) is 19.5. The Hall–Kier alpha value is -1.92. The van der Waals surface area contributed by atoms with Crippen LogP contribution in [0.2, 0.25) is 0 Å². The van der Waals surface area contributed by atoms with Gasteiger partial charge in [-0.05, 0) is 0 Å². The fourth-order valence-corrected chi connectivity index (χ4v) is 3.81. The first-order valence-electron chi connectivity index (χ1n) is 14.7. The molecule has 0 fully saturated rings. The molecule has 0 bridgehead atoms. The van der Waals surface area contributed by atoms with Gasteiger partial charge < -0.3 is 20.4 Å². The second-order valence-electron chi connectivity index (χ2n) is 9.04. The van der Waals surface area contributed by atoms with Gasteiger partial charge in [-0.1, -0.05) is 79.1 Å². The van der Waals surface area contributed by atoms with Crippen LogP contribution in [0, 0.1) is 0 Å². The second kappa shape index (κ2) is 30.1. The monoisotopic (exact) mass is 586 g/mol. The van der Waals surface area contributed by atoms with Crippen molar-refractivity contribution >= 4 is 0 Å². The van der Waals surface area contributed by atoms with Crippen molar-refractivity contribution in [3.05, 3.63) is 108 Å². The van der Waals surface area contributed by atoms with E-state index in [1.54, 1.807) is 0 Å². The van der Waals surface area contributed by atoms with Crippen LogP contribution >= 0.6 is 0 Å². The maximum absolute atomic E-state index is 9.53. The van der Waals surface area contributed by atoms with Gasteiger partial charge in [0.25, 0.3) is 0 Å². The fraction of sp³-hybridized carbons (Fsp3) is 0.486. The molecule has 0 heterocycles. The van der Waals surface area contributed by atoms with E-state index in [4.69, 9.17) is 0 Å². The first kappa shape index (κ1) is 40.2.